The highest BCUT2D eigenvalue weighted by Crippen LogP contribution is 2.24. The molecule has 0 spiro atoms. The Morgan fingerprint density at radius 1 is 0.969 bits per heavy atom. The Hall–Kier alpha value is -2.75. The number of hydrogen-bond acceptors (Lipinski definition) is 7. The Kier molecular flexibility index (Phi) is 8.38. The summed E-state index contributed by atoms with van der Waals surface area (Å²) in [6, 6.07) is 7.53. The minimum absolute atomic E-state index is 0.0333. The lowest BCUT2D eigenvalue weighted by molar-refractivity contribution is -0.120. The first kappa shape index (κ1) is 23.9. The largest absolute Gasteiger partial charge is 0.462 e. The van der Waals surface area contributed by atoms with E-state index in [2.05, 4.69) is 15.5 Å². The number of hydrogen-bond donors (Lipinski definition) is 2. The molecule has 1 aromatic heterocycles. The summed E-state index contributed by atoms with van der Waals surface area (Å²) < 4.78 is 5.02. The molecule has 2 aromatic rings. The van der Waals surface area contributed by atoms with Gasteiger partial charge in [-0.05, 0) is 49.4 Å². The van der Waals surface area contributed by atoms with E-state index in [1.54, 1.807) is 18.4 Å². The number of anilines is 2. The minimum Gasteiger partial charge on any atom is -0.462 e. The summed E-state index contributed by atoms with van der Waals surface area (Å²) in [5.41, 5.74) is 3.45. The van der Waals surface area contributed by atoms with Crippen molar-refractivity contribution in [1.29, 1.82) is 0 Å². The van der Waals surface area contributed by atoms with Crippen LogP contribution in [-0.4, -0.2) is 73.5 Å². The summed E-state index contributed by atoms with van der Waals surface area (Å²) in [6.07, 6.45) is 0. The first-order chi connectivity index (χ1) is 15.4. The summed E-state index contributed by atoms with van der Waals surface area (Å²) in [5, 5.41) is 8.08. The molecule has 1 saturated heterocycles. The molecule has 0 bridgehead atoms. The van der Waals surface area contributed by atoms with Crippen LogP contribution in [-0.2, 0) is 14.3 Å². The summed E-state index contributed by atoms with van der Waals surface area (Å²) >= 11 is 1.30. The van der Waals surface area contributed by atoms with E-state index in [4.69, 9.17) is 4.74 Å². The van der Waals surface area contributed by atoms with Crippen molar-refractivity contribution in [2.24, 2.45) is 0 Å². The zero-order valence-electron chi connectivity index (χ0n) is 18.8. The number of esters is 1. The number of rotatable bonds is 8. The Bertz CT molecular complexity index is 967. The smallest absolute Gasteiger partial charge is 0.341 e. The van der Waals surface area contributed by atoms with Crippen LogP contribution >= 0.6 is 11.3 Å². The number of aryl methyl sites for hydroxylation is 1. The molecule has 1 aliphatic rings. The molecule has 9 heteroatoms. The molecular weight excluding hydrogens is 428 g/mol. The van der Waals surface area contributed by atoms with Crippen LogP contribution in [0, 0.1) is 13.8 Å². The number of nitrogens with zero attached hydrogens (tertiary/aromatic N) is 2. The number of ether oxygens (including phenoxy) is 1. The molecule has 172 valence electrons. The van der Waals surface area contributed by atoms with E-state index in [1.807, 2.05) is 36.9 Å². The maximum atomic E-state index is 12.5. The SMILES string of the molecule is CCOC(=O)c1ccsc1NC(=O)CN1CCN(CC(=O)Nc2cccc(C)c2C)CC1. The van der Waals surface area contributed by atoms with Crippen LogP contribution < -0.4 is 10.6 Å². The number of nitrogens with one attached hydrogen (secondary N) is 2. The van der Waals surface area contributed by atoms with Gasteiger partial charge in [0.1, 0.15) is 5.00 Å². The highest BCUT2D eigenvalue weighted by molar-refractivity contribution is 7.14. The van der Waals surface area contributed by atoms with Gasteiger partial charge >= 0.3 is 5.97 Å². The van der Waals surface area contributed by atoms with Crippen LogP contribution in [0.2, 0.25) is 0 Å². The number of carbonyl (C=O) groups is 3. The molecule has 1 aliphatic heterocycles. The van der Waals surface area contributed by atoms with E-state index < -0.39 is 5.97 Å². The second-order valence-corrected chi connectivity index (χ2v) is 8.70. The second-order valence-electron chi connectivity index (χ2n) is 7.78. The van der Waals surface area contributed by atoms with Crippen LogP contribution in [0.25, 0.3) is 0 Å². The average Bonchev–Trinajstić information content (AvgIpc) is 3.21. The zero-order valence-corrected chi connectivity index (χ0v) is 19.6. The lowest BCUT2D eigenvalue weighted by Crippen LogP contribution is -2.50. The normalized spacial score (nSPS) is 14.7. The van der Waals surface area contributed by atoms with Gasteiger partial charge in [0.2, 0.25) is 11.8 Å². The molecule has 0 atom stereocenters. The standard InChI is InChI=1S/C23H30N4O4S/c1-4-31-23(30)18-8-13-32-22(18)25-21(29)15-27-11-9-26(10-12-27)14-20(28)24-19-7-5-6-16(2)17(19)3/h5-8,13H,4,9-12,14-15H2,1-3H3,(H,24,28)(H,25,29). The van der Waals surface area contributed by atoms with Gasteiger partial charge in [0.05, 0.1) is 25.3 Å². The van der Waals surface area contributed by atoms with Gasteiger partial charge in [-0.2, -0.15) is 0 Å². The Morgan fingerprint density at radius 2 is 1.59 bits per heavy atom. The second kappa shape index (κ2) is 11.2. The first-order valence-corrected chi connectivity index (χ1v) is 11.6. The fourth-order valence-corrected chi connectivity index (χ4v) is 4.32. The van der Waals surface area contributed by atoms with Gasteiger partial charge in [0.25, 0.3) is 0 Å². The molecule has 8 nitrogen and oxygen atoms in total. The van der Waals surface area contributed by atoms with Crippen LogP contribution in [0.15, 0.2) is 29.6 Å². The van der Waals surface area contributed by atoms with E-state index >= 15 is 0 Å². The molecule has 32 heavy (non-hydrogen) atoms. The lowest BCUT2D eigenvalue weighted by atomic mass is 10.1. The molecule has 1 fully saturated rings. The third kappa shape index (κ3) is 6.38. The fraction of sp³-hybridized carbons (Fsp3) is 0.435. The number of thiophene rings is 1. The van der Waals surface area contributed by atoms with Gasteiger partial charge < -0.3 is 15.4 Å². The monoisotopic (exact) mass is 458 g/mol. The van der Waals surface area contributed by atoms with Gasteiger partial charge in [-0.3, -0.25) is 19.4 Å². The maximum Gasteiger partial charge on any atom is 0.341 e. The fourth-order valence-electron chi connectivity index (χ4n) is 3.53. The predicted octanol–water partition coefficient (Wildman–Crippen LogP) is 2.74. The quantitative estimate of drug-likeness (QED) is 0.591. The zero-order chi connectivity index (χ0) is 23.1. The molecule has 0 saturated carbocycles. The molecule has 3 rings (SSSR count). The predicted molar refractivity (Wildman–Crippen MR) is 126 cm³/mol. The summed E-state index contributed by atoms with van der Waals surface area (Å²) in [7, 11) is 0. The van der Waals surface area contributed by atoms with Gasteiger partial charge in [0, 0.05) is 31.9 Å². The molecule has 0 unspecified atom stereocenters. The Labute approximate surface area is 192 Å². The van der Waals surface area contributed by atoms with Crippen molar-refractivity contribution in [1.82, 2.24) is 9.80 Å². The van der Waals surface area contributed by atoms with Crippen molar-refractivity contribution in [3.63, 3.8) is 0 Å². The maximum absolute atomic E-state index is 12.5. The van der Waals surface area contributed by atoms with Crippen molar-refractivity contribution in [3.8, 4) is 0 Å². The van der Waals surface area contributed by atoms with Gasteiger partial charge in [-0.25, -0.2) is 4.79 Å². The van der Waals surface area contributed by atoms with Crippen molar-refractivity contribution < 1.29 is 19.1 Å². The van der Waals surface area contributed by atoms with E-state index in [-0.39, 0.29) is 25.0 Å². The van der Waals surface area contributed by atoms with Crippen LogP contribution in [0.5, 0.6) is 0 Å². The minimum atomic E-state index is -0.434. The molecule has 0 radical (unpaired) electrons. The molecule has 2 N–H and O–H groups in total. The third-order valence-corrected chi connectivity index (χ3v) is 6.32. The Morgan fingerprint density at radius 3 is 2.22 bits per heavy atom. The van der Waals surface area contributed by atoms with Crippen molar-refractivity contribution in [2.75, 3.05) is 56.5 Å². The van der Waals surface area contributed by atoms with Gasteiger partial charge in [0.15, 0.2) is 0 Å². The number of piperazine rings is 1. The van der Waals surface area contributed by atoms with Crippen molar-refractivity contribution in [3.05, 3.63) is 46.3 Å². The Balaban J connectivity index is 1.42. The van der Waals surface area contributed by atoms with Crippen LogP contribution in [0.4, 0.5) is 10.7 Å². The highest BCUT2D eigenvalue weighted by Gasteiger charge is 2.22. The topological polar surface area (TPSA) is 91.0 Å². The molecule has 2 amide bonds. The lowest BCUT2D eigenvalue weighted by Gasteiger charge is -2.33. The first-order valence-electron chi connectivity index (χ1n) is 10.7. The van der Waals surface area contributed by atoms with Gasteiger partial charge in [-0.15, -0.1) is 11.3 Å². The van der Waals surface area contributed by atoms with E-state index in [9.17, 15) is 14.4 Å². The third-order valence-electron chi connectivity index (χ3n) is 5.49. The summed E-state index contributed by atoms with van der Waals surface area (Å²) in [5.74, 6) is -0.634. The number of benzene rings is 1. The van der Waals surface area contributed by atoms with Gasteiger partial charge in [-0.1, -0.05) is 12.1 Å². The molecule has 2 heterocycles. The number of carbonyl (C=O) groups excluding carboxylic acids is 3. The highest BCUT2D eigenvalue weighted by atomic mass is 32.1. The van der Waals surface area contributed by atoms with Crippen LogP contribution in [0.3, 0.4) is 0 Å². The van der Waals surface area contributed by atoms with E-state index in [1.165, 1.54) is 11.3 Å². The number of amides is 2. The molecule has 0 aliphatic carbocycles. The average molecular weight is 459 g/mol. The van der Waals surface area contributed by atoms with E-state index in [0.717, 1.165) is 16.8 Å². The molecule has 1 aromatic carbocycles. The van der Waals surface area contributed by atoms with Crippen molar-refractivity contribution in [2.45, 2.75) is 20.8 Å². The van der Waals surface area contributed by atoms with Crippen LogP contribution in [0.1, 0.15) is 28.4 Å². The molecular formula is C23H30N4O4S. The summed E-state index contributed by atoms with van der Waals surface area (Å²) in [6.45, 7) is 9.43. The summed E-state index contributed by atoms with van der Waals surface area (Å²) in [4.78, 5) is 41.0. The van der Waals surface area contributed by atoms with E-state index in [0.29, 0.717) is 43.3 Å². The van der Waals surface area contributed by atoms with Crippen molar-refractivity contribution >= 4 is 39.8 Å².